The molecule has 1 rings (SSSR count). The van der Waals surface area contributed by atoms with Gasteiger partial charge in [-0.15, -0.1) is 0 Å². The van der Waals surface area contributed by atoms with Crippen molar-refractivity contribution in [2.24, 2.45) is 5.41 Å². The van der Waals surface area contributed by atoms with Crippen LogP contribution >= 0.6 is 0 Å². The van der Waals surface area contributed by atoms with E-state index in [0.717, 1.165) is 18.4 Å². The minimum atomic E-state index is -1.05. The minimum absolute atomic E-state index is 0.0853. The van der Waals surface area contributed by atoms with Gasteiger partial charge < -0.3 is 4.74 Å². The van der Waals surface area contributed by atoms with Gasteiger partial charge in [-0.2, -0.15) is 0 Å². The Morgan fingerprint density at radius 2 is 1.19 bits per heavy atom. The molecule has 3 heteroatoms. The van der Waals surface area contributed by atoms with Crippen molar-refractivity contribution in [1.82, 2.24) is 0 Å². The van der Waals surface area contributed by atoms with Gasteiger partial charge in [0.2, 0.25) is 0 Å². The lowest BCUT2D eigenvalue weighted by Gasteiger charge is -2.28. The van der Waals surface area contributed by atoms with Crippen LogP contribution in [-0.4, -0.2) is 18.9 Å². The van der Waals surface area contributed by atoms with Crippen molar-refractivity contribution >= 4 is 11.8 Å². The smallest absolute Gasteiger partial charge is 0.319 e. The number of unbranched alkanes of at least 4 members (excludes halogenated alkanes) is 13. The van der Waals surface area contributed by atoms with Gasteiger partial charge in [0.05, 0.1) is 7.11 Å². The molecule has 1 aromatic rings. The predicted octanol–water partition coefficient (Wildman–Crippen LogP) is 7.85. The molecule has 0 bridgehead atoms. The Balaban J connectivity index is 2.26. The molecule has 0 aromatic heterocycles. The van der Waals surface area contributed by atoms with Crippen molar-refractivity contribution < 1.29 is 14.3 Å². The maximum atomic E-state index is 12.6. The molecule has 3 nitrogen and oxygen atoms in total. The summed E-state index contributed by atoms with van der Waals surface area (Å²) in [5, 5.41) is 0. The molecule has 0 aliphatic carbocycles. The fraction of sp³-hybridized carbons (Fsp3) is 0.714. The van der Waals surface area contributed by atoms with Gasteiger partial charge in [-0.25, -0.2) is 0 Å². The second-order valence-corrected chi connectivity index (χ2v) is 9.14. The number of ether oxygens (including phenoxy) is 1. The monoisotopic (exact) mass is 430 g/mol. The van der Waals surface area contributed by atoms with Crippen LogP contribution in [0.15, 0.2) is 30.3 Å². The third-order valence-corrected chi connectivity index (χ3v) is 6.56. The van der Waals surface area contributed by atoms with E-state index < -0.39 is 11.4 Å². The van der Waals surface area contributed by atoms with Crippen LogP contribution in [0.25, 0.3) is 0 Å². The Morgan fingerprint density at radius 3 is 1.61 bits per heavy atom. The van der Waals surface area contributed by atoms with Crippen LogP contribution < -0.4 is 0 Å². The maximum absolute atomic E-state index is 12.6. The molecule has 0 aliphatic rings. The molecule has 31 heavy (non-hydrogen) atoms. The lowest BCUT2D eigenvalue weighted by atomic mass is 9.74. The molecule has 0 amide bonds. The predicted molar refractivity (Wildman–Crippen MR) is 130 cm³/mol. The molecule has 0 spiro atoms. The zero-order valence-electron chi connectivity index (χ0n) is 20.4. The standard InChI is InChI=1S/C28H46O3/c1-4-5-6-7-8-9-10-11-12-13-14-15-16-20-23-28(25(2)29,27(30)31-3)24-26-21-18-17-19-22-26/h17-19,21-22H,4-16,20,23-24H2,1-3H3. The molecule has 0 saturated carbocycles. The Kier molecular flexibility index (Phi) is 15.0. The fourth-order valence-corrected chi connectivity index (χ4v) is 4.47. The number of hydrogen-bond donors (Lipinski definition) is 0. The van der Waals surface area contributed by atoms with Crippen LogP contribution in [0.4, 0.5) is 0 Å². The highest BCUT2D eigenvalue weighted by Crippen LogP contribution is 2.33. The third kappa shape index (κ3) is 11.0. The fourth-order valence-electron chi connectivity index (χ4n) is 4.47. The molecular weight excluding hydrogens is 384 g/mol. The molecule has 1 aromatic carbocycles. The van der Waals surface area contributed by atoms with E-state index in [1.807, 2.05) is 30.3 Å². The Morgan fingerprint density at radius 1 is 0.742 bits per heavy atom. The number of carbonyl (C=O) groups is 2. The van der Waals surface area contributed by atoms with Gasteiger partial charge in [-0.1, -0.05) is 127 Å². The Bertz CT molecular complexity index is 596. The largest absolute Gasteiger partial charge is 0.468 e. The summed E-state index contributed by atoms with van der Waals surface area (Å²) in [6.45, 7) is 3.80. The first kappa shape index (κ1) is 27.4. The first-order valence-corrected chi connectivity index (χ1v) is 12.7. The van der Waals surface area contributed by atoms with Gasteiger partial charge in [0.15, 0.2) is 0 Å². The van der Waals surface area contributed by atoms with Crippen molar-refractivity contribution in [2.75, 3.05) is 7.11 Å². The number of benzene rings is 1. The number of carbonyl (C=O) groups excluding carboxylic acids is 2. The number of rotatable bonds is 19. The summed E-state index contributed by atoms with van der Waals surface area (Å²) < 4.78 is 5.06. The van der Waals surface area contributed by atoms with E-state index in [9.17, 15) is 9.59 Å². The molecular formula is C28H46O3. The average molecular weight is 431 g/mol. The molecule has 0 aliphatic heterocycles. The van der Waals surface area contributed by atoms with Gasteiger partial charge in [0.1, 0.15) is 11.2 Å². The number of Topliss-reactive ketones (excluding diaryl/α,β-unsaturated/α-hetero) is 1. The summed E-state index contributed by atoms with van der Waals surface area (Å²) in [5.41, 5.74) is -0.0405. The second-order valence-electron chi connectivity index (χ2n) is 9.14. The van der Waals surface area contributed by atoms with Gasteiger partial charge in [0.25, 0.3) is 0 Å². The molecule has 176 valence electrons. The second kappa shape index (κ2) is 17.0. The molecule has 0 N–H and O–H groups in total. The van der Waals surface area contributed by atoms with Gasteiger partial charge >= 0.3 is 5.97 Å². The Hall–Kier alpha value is -1.64. The summed E-state index contributed by atoms with van der Waals surface area (Å²) in [6.07, 6.45) is 19.1. The van der Waals surface area contributed by atoms with Crippen LogP contribution in [0.2, 0.25) is 0 Å². The number of methoxy groups -OCH3 is 1. The SMILES string of the molecule is CCCCCCCCCCCCCCCCC(Cc1ccccc1)(C(C)=O)C(=O)OC. The number of ketones is 1. The highest BCUT2D eigenvalue weighted by molar-refractivity contribution is 6.02. The zero-order valence-corrected chi connectivity index (χ0v) is 20.4. The van der Waals surface area contributed by atoms with Crippen molar-refractivity contribution in [2.45, 2.75) is 117 Å². The zero-order chi connectivity index (χ0) is 22.8. The van der Waals surface area contributed by atoms with E-state index in [1.54, 1.807) is 0 Å². The van der Waals surface area contributed by atoms with Crippen molar-refractivity contribution in [1.29, 1.82) is 0 Å². The summed E-state index contributed by atoms with van der Waals surface area (Å²) in [7, 11) is 1.39. The van der Waals surface area contributed by atoms with Crippen LogP contribution in [0, 0.1) is 5.41 Å². The van der Waals surface area contributed by atoms with E-state index in [-0.39, 0.29) is 5.78 Å². The van der Waals surface area contributed by atoms with E-state index in [2.05, 4.69) is 6.92 Å². The summed E-state index contributed by atoms with van der Waals surface area (Å²) in [5.74, 6) is -0.476. The van der Waals surface area contributed by atoms with Crippen LogP contribution in [-0.2, 0) is 20.7 Å². The van der Waals surface area contributed by atoms with Crippen LogP contribution in [0.5, 0.6) is 0 Å². The lowest BCUT2D eigenvalue weighted by Crippen LogP contribution is -2.41. The molecule has 0 saturated heterocycles. The summed E-state index contributed by atoms with van der Waals surface area (Å²) in [6, 6.07) is 9.80. The van der Waals surface area contributed by atoms with Crippen molar-refractivity contribution in [3.05, 3.63) is 35.9 Å². The summed E-state index contributed by atoms with van der Waals surface area (Å²) in [4.78, 5) is 25.1. The average Bonchev–Trinajstić information content (AvgIpc) is 2.78. The number of esters is 1. The van der Waals surface area contributed by atoms with E-state index in [0.29, 0.717) is 12.8 Å². The maximum Gasteiger partial charge on any atom is 0.319 e. The van der Waals surface area contributed by atoms with Crippen LogP contribution in [0.1, 0.15) is 116 Å². The van der Waals surface area contributed by atoms with Crippen molar-refractivity contribution in [3.63, 3.8) is 0 Å². The topological polar surface area (TPSA) is 43.4 Å². The first-order valence-electron chi connectivity index (χ1n) is 12.7. The minimum Gasteiger partial charge on any atom is -0.468 e. The Labute approximate surface area is 191 Å². The number of hydrogen-bond acceptors (Lipinski definition) is 3. The van der Waals surface area contributed by atoms with E-state index >= 15 is 0 Å². The molecule has 1 unspecified atom stereocenters. The molecule has 0 fully saturated rings. The molecule has 1 atom stereocenters. The normalized spacial score (nSPS) is 13.0. The van der Waals surface area contributed by atoms with Crippen LogP contribution in [0.3, 0.4) is 0 Å². The van der Waals surface area contributed by atoms with Gasteiger partial charge in [-0.3, -0.25) is 9.59 Å². The highest BCUT2D eigenvalue weighted by atomic mass is 16.5. The third-order valence-electron chi connectivity index (χ3n) is 6.56. The highest BCUT2D eigenvalue weighted by Gasteiger charge is 2.43. The summed E-state index contributed by atoms with van der Waals surface area (Å²) >= 11 is 0. The molecule has 0 heterocycles. The van der Waals surface area contributed by atoms with Crippen molar-refractivity contribution in [3.8, 4) is 0 Å². The van der Waals surface area contributed by atoms with Gasteiger partial charge in [-0.05, 0) is 25.3 Å². The quantitative estimate of drug-likeness (QED) is 0.127. The molecule has 0 radical (unpaired) electrons. The lowest BCUT2D eigenvalue weighted by molar-refractivity contribution is -0.158. The first-order chi connectivity index (χ1) is 15.1. The van der Waals surface area contributed by atoms with E-state index in [4.69, 9.17) is 4.74 Å². The van der Waals surface area contributed by atoms with Gasteiger partial charge in [0, 0.05) is 0 Å². The van der Waals surface area contributed by atoms with E-state index in [1.165, 1.54) is 91.1 Å².